The molecule has 26 heavy (non-hydrogen) atoms. The maximum atomic E-state index is 13.9. The van der Waals surface area contributed by atoms with Crippen LogP contribution >= 0.6 is 0 Å². The van der Waals surface area contributed by atoms with Gasteiger partial charge in [-0.25, -0.2) is 4.39 Å². The van der Waals surface area contributed by atoms with Crippen molar-refractivity contribution in [2.24, 2.45) is 0 Å². The van der Waals surface area contributed by atoms with E-state index >= 15 is 0 Å². The van der Waals surface area contributed by atoms with Gasteiger partial charge in [-0.3, -0.25) is 9.69 Å². The van der Waals surface area contributed by atoms with E-state index in [9.17, 15) is 9.18 Å². The number of rotatable bonds is 5. The van der Waals surface area contributed by atoms with Gasteiger partial charge >= 0.3 is 0 Å². The first kappa shape index (κ1) is 18.6. The molecule has 0 aromatic heterocycles. The fraction of sp³-hybridized carbons (Fsp3) is 0.409. The number of halogens is 1. The summed E-state index contributed by atoms with van der Waals surface area (Å²) in [6.45, 7) is 8.06. The minimum Gasteiger partial charge on any atom is -0.343 e. The average Bonchev–Trinajstić information content (AvgIpc) is 3.18. The van der Waals surface area contributed by atoms with Crippen LogP contribution in [0.1, 0.15) is 54.2 Å². The van der Waals surface area contributed by atoms with Crippen molar-refractivity contribution in [3.8, 4) is 0 Å². The molecule has 4 heteroatoms. The molecule has 1 unspecified atom stereocenters. The fourth-order valence-electron chi connectivity index (χ4n) is 3.85. The van der Waals surface area contributed by atoms with Crippen molar-refractivity contribution in [2.45, 2.75) is 45.2 Å². The Bertz CT molecular complexity index is 767. The molecule has 1 heterocycles. The van der Waals surface area contributed by atoms with E-state index in [0.717, 1.165) is 18.7 Å². The largest absolute Gasteiger partial charge is 0.343 e. The smallest absolute Gasteiger partial charge is 0.252 e. The second kappa shape index (κ2) is 7.58. The predicted octanol–water partition coefficient (Wildman–Crippen LogP) is 4.48. The van der Waals surface area contributed by atoms with Crippen LogP contribution in [0, 0.1) is 12.7 Å². The Labute approximate surface area is 155 Å². The maximum Gasteiger partial charge on any atom is 0.252 e. The highest BCUT2D eigenvalue weighted by Gasteiger charge is 2.38. The van der Waals surface area contributed by atoms with Crippen LogP contribution < -0.4 is 5.32 Å². The van der Waals surface area contributed by atoms with Gasteiger partial charge in [-0.15, -0.1) is 0 Å². The molecule has 3 rings (SSSR count). The minimum absolute atomic E-state index is 0.183. The van der Waals surface area contributed by atoms with Crippen LogP contribution in [0.4, 0.5) is 4.39 Å². The molecular weight excluding hydrogens is 327 g/mol. The van der Waals surface area contributed by atoms with E-state index in [1.165, 1.54) is 18.9 Å². The summed E-state index contributed by atoms with van der Waals surface area (Å²) in [5.41, 5.74) is 1.60. The molecule has 0 bridgehead atoms. The number of likely N-dealkylation sites (tertiary alicyclic amines) is 1. The van der Waals surface area contributed by atoms with Gasteiger partial charge in [0.2, 0.25) is 0 Å². The van der Waals surface area contributed by atoms with Crippen molar-refractivity contribution in [3.63, 3.8) is 0 Å². The molecule has 1 saturated heterocycles. The van der Waals surface area contributed by atoms with E-state index in [2.05, 4.69) is 24.1 Å². The third kappa shape index (κ3) is 3.65. The van der Waals surface area contributed by atoms with E-state index in [1.807, 2.05) is 30.3 Å². The number of hydrogen-bond acceptors (Lipinski definition) is 2. The summed E-state index contributed by atoms with van der Waals surface area (Å²) in [6.07, 6.45) is 2.36. The molecule has 1 N–H and O–H groups in total. The molecule has 3 nitrogen and oxygen atoms in total. The number of nitrogens with zero attached hydrogens (tertiary/aromatic N) is 1. The van der Waals surface area contributed by atoms with Crippen molar-refractivity contribution < 1.29 is 9.18 Å². The Morgan fingerprint density at radius 3 is 2.38 bits per heavy atom. The second-order valence-electron chi connectivity index (χ2n) is 7.58. The zero-order valence-corrected chi connectivity index (χ0v) is 15.8. The molecule has 2 aromatic rings. The number of carbonyl (C=O) groups excluding carboxylic acids is 1. The SMILES string of the molecule is Cc1c(F)cccc1C(=O)NC(c1ccccc1)C(C)(C)N1CCCC1. The van der Waals surface area contributed by atoms with Crippen molar-refractivity contribution in [3.05, 3.63) is 71.0 Å². The van der Waals surface area contributed by atoms with Gasteiger partial charge < -0.3 is 5.32 Å². The Morgan fingerprint density at radius 2 is 1.73 bits per heavy atom. The van der Waals surface area contributed by atoms with E-state index in [1.54, 1.807) is 19.1 Å². The topological polar surface area (TPSA) is 32.3 Å². The molecule has 1 aliphatic heterocycles. The van der Waals surface area contributed by atoms with Gasteiger partial charge in [-0.2, -0.15) is 0 Å². The van der Waals surface area contributed by atoms with Crippen LogP contribution in [0.15, 0.2) is 48.5 Å². The Morgan fingerprint density at radius 1 is 1.08 bits per heavy atom. The van der Waals surface area contributed by atoms with Crippen molar-refractivity contribution >= 4 is 5.91 Å². The Balaban J connectivity index is 1.93. The molecule has 0 radical (unpaired) electrons. The molecule has 1 amide bonds. The van der Waals surface area contributed by atoms with Crippen LogP contribution in [0.2, 0.25) is 0 Å². The number of nitrogens with one attached hydrogen (secondary N) is 1. The number of carbonyl (C=O) groups is 1. The maximum absolute atomic E-state index is 13.9. The molecule has 0 spiro atoms. The van der Waals surface area contributed by atoms with Gasteiger partial charge in [0.1, 0.15) is 5.82 Å². The number of hydrogen-bond donors (Lipinski definition) is 1. The highest BCUT2D eigenvalue weighted by Crippen LogP contribution is 2.34. The molecule has 1 atom stereocenters. The van der Waals surface area contributed by atoms with Gasteiger partial charge in [0, 0.05) is 11.1 Å². The Hall–Kier alpha value is -2.20. The molecule has 138 valence electrons. The lowest BCUT2D eigenvalue weighted by Gasteiger charge is -2.42. The van der Waals surface area contributed by atoms with Gasteiger partial charge in [0.05, 0.1) is 6.04 Å². The third-order valence-electron chi connectivity index (χ3n) is 5.55. The van der Waals surface area contributed by atoms with Crippen molar-refractivity contribution in [2.75, 3.05) is 13.1 Å². The van der Waals surface area contributed by atoms with Crippen LogP contribution in [0.5, 0.6) is 0 Å². The van der Waals surface area contributed by atoms with Gasteiger partial charge in [-0.05, 0) is 70.0 Å². The normalized spacial score (nSPS) is 16.5. The summed E-state index contributed by atoms with van der Waals surface area (Å²) in [4.78, 5) is 15.4. The van der Waals surface area contributed by atoms with E-state index in [4.69, 9.17) is 0 Å². The van der Waals surface area contributed by atoms with Crippen molar-refractivity contribution in [1.29, 1.82) is 0 Å². The Kier molecular flexibility index (Phi) is 5.42. The highest BCUT2D eigenvalue weighted by molar-refractivity contribution is 5.96. The molecule has 1 aliphatic rings. The summed E-state index contributed by atoms with van der Waals surface area (Å²) in [5.74, 6) is -0.587. The van der Waals surface area contributed by atoms with E-state index in [-0.39, 0.29) is 23.3 Å². The zero-order chi connectivity index (χ0) is 18.7. The molecule has 0 saturated carbocycles. The standard InChI is InChI=1S/C22H27FN2O/c1-16-18(12-9-13-19(16)23)21(26)24-20(17-10-5-4-6-11-17)22(2,3)25-14-7-8-15-25/h4-6,9-13,20H,7-8,14-15H2,1-3H3,(H,24,26). The lowest BCUT2D eigenvalue weighted by atomic mass is 9.86. The third-order valence-corrected chi connectivity index (χ3v) is 5.55. The lowest BCUT2D eigenvalue weighted by molar-refractivity contribution is 0.0778. The average molecular weight is 354 g/mol. The molecule has 2 aromatic carbocycles. The summed E-state index contributed by atoms with van der Waals surface area (Å²) >= 11 is 0. The minimum atomic E-state index is -0.354. The first-order chi connectivity index (χ1) is 12.4. The van der Waals surface area contributed by atoms with E-state index < -0.39 is 0 Å². The van der Waals surface area contributed by atoms with Crippen LogP contribution in [-0.2, 0) is 0 Å². The molecule has 0 aliphatic carbocycles. The number of benzene rings is 2. The van der Waals surface area contributed by atoms with Crippen LogP contribution in [0.25, 0.3) is 0 Å². The van der Waals surface area contributed by atoms with E-state index in [0.29, 0.717) is 11.1 Å². The first-order valence-corrected chi connectivity index (χ1v) is 9.27. The summed E-state index contributed by atoms with van der Waals surface area (Å²) in [5, 5.41) is 3.19. The monoisotopic (exact) mass is 354 g/mol. The zero-order valence-electron chi connectivity index (χ0n) is 15.8. The quantitative estimate of drug-likeness (QED) is 0.859. The first-order valence-electron chi connectivity index (χ1n) is 9.27. The van der Waals surface area contributed by atoms with Crippen molar-refractivity contribution in [1.82, 2.24) is 10.2 Å². The number of amides is 1. The van der Waals surface area contributed by atoms with Crippen LogP contribution in [-0.4, -0.2) is 29.4 Å². The summed E-state index contributed by atoms with van der Waals surface area (Å²) in [6, 6.07) is 14.5. The van der Waals surface area contributed by atoms with Gasteiger partial charge in [0.15, 0.2) is 0 Å². The highest BCUT2D eigenvalue weighted by atomic mass is 19.1. The fourth-order valence-corrected chi connectivity index (χ4v) is 3.85. The van der Waals surface area contributed by atoms with Crippen LogP contribution in [0.3, 0.4) is 0 Å². The second-order valence-corrected chi connectivity index (χ2v) is 7.58. The summed E-state index contributed by atoms with van der Waals surface area (Å²) < 4.78 is 13.9. The molecular formula is C22H27FN2O. The lowest BCUT2D eigenvalue weighted by Crippen LogP contribution is -2.52. The van der Waals surface area contributed by atoms with Gasteiger partial charge in [-0.1, -0.05) is 36.4 Å². The van der Waals surface area contributed by atoms with Gasteiger partial charge in [0.25, 0.3) is 5.91 Å². The summed E-state index contributed by atoms with van der Waals surface area (Å²) in [7, 11) is 0. The predicted molar refractivity (Wildman–Crippen MR) is 103 cm³/mol. The molecule has 1 fully saturated rings.